The van der Waals surface area contributed by atoms with E-state index in [0.717, 1.165) is 22.0 Å². The standard InChI is InChI=1S/C25H34N2O7S.C14H21NO6S.C11H15NO2.CH4.ClH/c1-7-34-25(29)21-10-8-20(9-11-21)16-26(4)23(28)17-33-13-12-27(5)35(30,31)24-18(2)14-22(32-6)15-19(24)3;1-10-7-12(20-4)8-11(2)14(10)22(18,19)15(3)5-6-21-9-13(16)17;1-3-14-11(13)10-6-4-9(5-7-10)8-12-2;;/h8-11,14-15H,7,12-13,16-17H2,1-6H3;7-8H,5-6,9H2,1-4H3,(H,16,17);4-7,12H,3,8H2,1-2H3;1H4;1H. The second-order valence-corrected chi connectivity index (χ2v) is 19.9. The summed E-state index contributed by atoms with van der Waals surface area (Å²) in [6.45, 7) is 11.9. The molecular weight excluding hydrogens is 1010 g/mol. The molecule has 408 valence electrons. The maximum atomic E-state index is 13.0. The maximum absolute atomic E-state index is 13.0. The fourth-order valence-electron chi connectivity index (χ4n) is 6.74. The second kappa shape index (κ2) is 33.2. The van der Waals surface area contributed by atoms with Crippen LogP contribution in [0.15, 0.2) is 82.6 Å². The number of aryl methyl sites for hydroxylation is 4. The average Bonchev–Trinajstić information content (AvgIpc) is 3.31. The van der Waals surface area contributed by atoms with E-state index in [2.05, 4.69) is 5.32 Å². The molecule has 0 spiro atoms. The zero-order chi connectivity index (χ0) is 53.5. The Bertz CT molecular complexity index is 2550. The molecule has 0 aromatic heterocycles. The number of halogens is 1. The van der Waals surface area contributed by atoms with Crippen LogP contribution in [-0.4, -0.2) is 154 Å². The Morgan fingerprint density at radius 2 is 0.959 bits per heavy atom. The van der Waals surface area contributed by atoms with Crippen LogP contribution in [0.2, 0.25) is 0 Å². The lowest BCUT2D eigenvalue weighted by atomic mass is 10.1. The first-order chi connectivity index (χ1) is 33.5. The zero-order valence-electron chi connectivity index (χ0n) is 43.2. The van der Waals surface area contributed by atoms with Crippen molar-refractivity contribution in [2.75, 3.05) is 95.1 Å². The molecule has 0 fully saturated rings. The number of carboxylic acids is 1. The summed E-state index contributed by atoms with van der Waals surface area (Å²) in [6, 6.07) is 20.9. The van der Waals surface area contributed by atoms with Crippen LogP contribution in [0.5, 0.6) is 11.5 Å². The van der Waals surface area contributed by atoms with E-state index in [9.17, 15) is 36.0 Å². The van der Waals surface area contributed by atoms with Crippen molar-refractivity contribution in [3.05, 3.63) is 117 Å². The van der Waals surface area contributed by atoms with E-state index in [1.165, 1.54) is 37.5 Å². The molecule has 4 aromatic rings. The number of nitrogens with zero attached hydrogens (tertiary/aromatic N) is 3. The van der Waals surface area contributed by atoms with Gasteiger partial charge >= 0.3 is 17.9 Å². The van der Waals surface area contributed by atoms with E-state index < -0.39 is 32.6 Å². The molecule has 0 aliphatic carbocycles. The number of carboxylic acid groups (broad SMARTS) is 1. The van der Waals surface area contributed by atoms with E-state index in [-0.39, 0.29) is 80.4 Å². The van der Waals surface area contributed by atoms with Gasteiger partial charge in [0, 0.05) is 47.3 Å². The summed E-state index contributed by atoms with van der Waals surface area (Å²) in [7, 11) is 2.11. The van der Waals surface area contributed by atoms with Crippen LogP contribution in [0, 0.1) is 27.7 Å². The van der Waals surface area contributed by atoms with Gasteiger partial charge in [-0.3, -0.25) is 4.79 Å². The molecule has 2 N–H and O–H groups in total. The molecule has 0 aliphatic heterocycles. The van der Waals surface area contributed by atoms with Crippen LogP contribution >= 0.6 is 12.4 Å². The number of hydrogen-bond donors (Lipinski definition) is 2. The summed E-state index contributed by atoms with van der Waals surface area (Å²) in [4.78, 5) is 47.7. The van der Waals surface area contributed by atoms with E-state index in [0.29, 0.717) is 64.6 Å². The topological polar surface area (TPSA) is 234 Å². The van der Waals surface area contributed by atoms with Crippen molar-refractivity contribution in [2.45, 2.75) is 71.8 Å². The van der Waals surface area contributed by atoms with Crippen LogP contribution in [0.3, 0.4) is 0 Å². The number of amides is 1. The number of sulfonamides is 2. The van der Waals surface area contributed by atoms with Crippen molar-refractivity contribution in [1.82, 2.24) is 18.8 Å². The largest absolute Gasteiger partial charge is 0.497 e. The van der Waals surface area contributed by atoms with Gasteiger partial charge in [0.15, 0.2) is 0 Å². The number of aliphatic carboxylic acids is 1. The van der Waals surface area contributed by atoms with Gasteiger partial charge in [-0.2, -0.15) is 8.61 Å². The summed E-state index contributed by atoms with van der Waals surface area (Å²) in [6.07, 6.45) is 0. The quantitative estimate of drug-likeness (QED) is 0.0566. The molecule has 73 heavy (non-hydrogen) atoms. The van der Waals surface area contributed by atoms with Gasteiger partial charge in [-0.25, -0.2) is 31.2 Å². The number of methoxy groups -OCH3 is 2. The third-order valence-electron chi connectivity index (χ3n) is 10.4. The van der Waals surface area contributed by atoms with Gasteiger partial charge in [0.05, 0.1) is 61.6 Å². The van der Waals surface area contributed by atoms with E-state index >= 15 is 0 Å². The Morgan fingerprint density at radius 1 is 0.603 bits per heavy atom. The highest BCUT2D eigenvalue weighted by atomic mass is 35.5. The lowest BCUT2D eigenvalue weighted by Crippen LogP contribution is -2.33. The molecule has 4 rings (SSSR count). The SMILES string of the molecule is C.CCOC(=O)c1ccc(CN(C)C(=O)COCCN(C)S(=O)(=O)c2c(C)cc(OC)cc2C)cc1.CCOC(=O)c1ccc(CNC)cc1.COc1cc(C)c(S(=O)(=O)N(C)CCOCC(=O)O)c(C)c1.Cl. The molecule has 0 radical (unpaired) electrons. The molecular formula is C51H75ClN4O15S2. The molecule has 4 aromatic carbocycles. The van der Waals surface area contributed by atoms with Crippen LogP contribution in [0.25, 0.3) is 0 Å². The molecule has 0 aliphatic rings. The fraction of sp³-hybridized carbons (Fsp3) is 0.451. The normalized spacial score (nSPS) is 10.9. The molecule has 0 saturated heterocycles. The van der Waals surface area contributed by atoms with E-state index in [4.69, 9.17) is 33.5 Å². The van der Waals surface area contributed by atoms with Gasteiger partial charge in [0.2, 0.25) is 26.0 Å². The molecule has 0 bridgehead atoms. The first-order valence-electron chi connectivity index (χ1n) is 22.5. The molecule has 1 amide bonds. The van der Waals surface area contributed by atoms with Gasteiger partial charge < -0.3 is 43.7 Å². The lowest BCUT2D eigenvalue weighted by Gasteiger charge is -2.21. The Morgan fingerprint density at radius 3 is 1.29 bits per heavy atom. The predicted molar refractivity (Wildman–Crippen MR) is 282 cm³/mol. The maximum Gasteiger partial charge on any atom is 0.338 e. The van der Waals surface area contributed by atoms with Crippen LogP contribution in [-0.2, 0) is 61.7 Å². The lowest BCUT2D eigenvalue weighted by molar-refractivity contribution is -0.142. The number of hydrogen-bond acceptors (Lipinski definition) is 15. The second-order valence-electron chi connectivity index (χ2n) is 15.9. The molecule has 0 atom stereocenters. The number of nitrogens with one attached hydrogen (secondary N) is 1. The van der Waals surface area contributed by atoms with Crippen molar-refractivity contribution in [3.8, 4) is 11.5 Å². The highest BCUT2D eigenvalue weighted by molar-refractivity contribution is 7.89. The summed E-state index contributed by atoms with van der Waals surface area (Å²) in [5.41, 5.74) is 5.44. The highest BCUT2D eigenvalue weighted by Crippen LogP contribution is 2.29. The van der Waals surface area contributed by atoms with Crippen LogP contribution in [0.1, 0.15) is 75.4 Å². The smallest absolute Gasteiger partial charge is 0.338 e. The Kier molecular flexibility index (Phi) is 30.7. The highest BCUT2D eigenvalue weighted by Gasteiger charge is 2.27. The molecule has 0 saturated carbocycles. The first-order valence-corrected chi connectivity index (χ1v) is 25.4. The molecule has 19 nitrogen and oxygen atoms in total. The number of carbonyl (C=O) groups excluding carboxylic acids is 3. The number of benzene rings is 4. The minimum atomic E-state index is -3.73. The Labute approximate surface area is 438 Å². The third kappa shape index (κ3) is 21.4. The van der Waals surface area contributed by atoms with Crippen molar-refractivity contribution < 1.29 is 69.5 Å². The number of rotatable bonds is 24. The van der Waals surface area contributed by atoms with Gasteiger partial charge in [-0.1, -0.05) is 31.7 Å². The number of ether oxygens (including phenoxy) is 6. The predicted octanol–water partition coefficient (Wildman–Crippen LogP) is 6.46. The summed E-state index contributed by atoms with van der Waals surface area (Å²) >= 11 is 0. The Hall–Kier alpha value is -5.65. The van der Waals surface area contributed by atoms with Crippen LogP contribution in [0.4, 0.5) is 0 Å². The average molecular weight is 1080 g/mol. The zero-order valence-corrected chi connectivity index (χ0v) is 45.7. The van der Waals surface area contributed by atoms with E-state index in [1.54, 1.807) is 109 Å². The number of likely N-dealkylation sites (N-methyl/N-ethyl adjacent to an activating group) is 3. The number of carbonyl (C=O) groups is 4. The van der Waals surface area contributed by atoms with Crippen molar-refractivity contribution in [2.24, 2.45) is 0 Å². The van der Waals surface area contributed by atoms with Crippen molar-refractivity contribution in [1.29, 1.82) is 0 Å². The summed E-state index contributed by atoms with van der Waals surface area (Å²) in [5, 5.41) is 11.5. The minimum Gasteiger partial charge on any atom is -0.497 e. The van der Waals surface area contributed by atoms with E-state index in [1.807, 2.05) is 19.2 Å². The summed E-state index contributed by atoms with van der Waals surface area (Å²) < 4.78 is 84.2. The minimum absolute atomic E-state index is 0. The summed E-state index contributed by atoms with van der Waals surface area (Å²) in [5.74, 6) is -0.784. The van der Waals surface area contributed by atoms with Gasteiger partial charge in [-0.15, -0.1) is 12.4 Å². The van der Waals surface area contributed by atoms with Crippen molar-refractivity contribution >= 4 is 56.3 Å². The fourth-order valence-corrected chi connectivity index (χ4v) is 9.85. The Balaban J connectivity index is 0.00000116. The molecule has 0 unspecified atom stereocenters. The van der Waals surface area contributed by atoms with Gasteiger partial charge in [0.25, 0.3) is 0 Å². The molecule has 0 heterocycles. The van der Waals surface area contributed by atoms with Gasteiger partial charge in [0.1, 0.15) is 24.7 Å². The third-order valence-corrected chi connectivity index (χ3v) is 14.7. The number of esters is 2. The monoisotopic (exact) mass is 1080 g/mol. The van der Waals surface area contributed by atoms with Crippen LogP contribution < -0.4 is 14.8 Å². The molecule has 22 heteroatoms. The van der Waals surface area contributed by atoms with Crippen molar-refractivity contribution in [3.63, 3.8) is 0 Å². The van der Waals surface area contributed by atoms with Gasteiger partial charge in [-0.05, 0) is 131 Å². The first kappa shape index (κ1) is 67.3.